The predicted octanol–water partition coefficient (Wildman–Crippen LogP) is 0.931. The Morgan fingerprint density at radius 1 is 1.52 bits per heavy atom. The molecule has 1 aliphatic heterocycles. The molecule has 6 nitrogen and oxygen atoms in total. The minimum Gasteiger partial charge on any atom is -0.477 e. The summed E-state index contributed by atoms with van der Waals surface area (Å²) in [5.41, 5.74) is 0.480. The number of aromatic nitrogens is 1. The molecule has 2 rings (SSSR count). The summed E-state index contributed by atoms with van der Waals surface area (Å²) in [5, 5.41) is 3.00. The van der Waals surface area contributed by atoms with Crippen LogP contribution in [0.3, 0.4) is 0 Å². The van der Waals surface area contributed by atoms with Gasteiger partial charge in [0.25, 0.3) is 5.91 Å². The minimum absolute atomic E-state index is 0.0604. The lowest BCUT2D eigenvalue weighted by molar-refractivity contribution is 0.0342. The average Bonchev–Trinajstić information content (AvgIpc) is 2.49. The van der Waals surface area contributed by atoms with Crippen molar-refractivity contribution >= 4 is 5.91 Å². The second-order valence-electron chi connectivity index (χ2n) is 5.08. The highest BCUT2D eigenvalue weighted by Crippen LogP contribution is 2.14. The van der Waals surface area contributed by atoms with Crippen LogP contribution in [-0.2, 0) is 4.74 Å². The third-order valence-electron chi connectivity index (χ3n) is 3.31. The fraction of sp³-hybridized carbons (Fsp3) is 0.600. The molecule has 0 saturated carbocycles. The van der Waals surface area contributed by atoms with Crippen molar-refractivity contribution in [1.82, 2.24) is 15.2 Å². The van der Waals surface area contributed by atoms with E-state index in [2.05, 4.69) is 15.2 Å². The number of morpholine rings is 1. The smallest absolute Gasteiger partial charge is 0.257 e. The van der Waals surface area contributed by atoms with E-state index in [1.807, 2.05) is 13.8 Å². The van der Waals surface area contributed by atoms with Gasteiger partial charge in [-0.2, -0.15) is 0 Å². The molecule has 1 aromatic rings. The number of rotatable bonds is 6. The number of nitrogens with one attached hydrogen (secondary N) is 1. The number of hydrogen-bond donors (Lipinski definition) is 1. The number of ether oxygens (including phenoxy) is 2. The Morgan fingerprint density at radius 2 is 2.29 bits per heavy atom. The van der Waals surface area contributed by atoms with Gasteiger partial charge in [-0.15, -0.1) is 0 Å². The Balaban J connectivity index is 1.91. The van der Waals surface area contributed by atoms with Gasteiger partial charge in [0.15, 0.2) is 0 Å². The van der Waals surface area contributed by atoms with Crippen molar-refractivity contribution in [1.29, 1.82) is 0 Å². The normalized spacial score (nSPS) is 17.2. The molecule has 21 heavy (non-hydrogen) atoms. The van der Waals surface area contributed by atoms with Crippen molar-refractivity contribution < 1.29 is 14.3 Å². The Bertz CT molecular complexity index is 461. The highest BCUT2D eigenvalue weighted by atomic mass is 16.5. The van der Waals surface area contributed by atoms with Crippen LogP contribution in [0.1, 0.15) is 24.2 Å². The lowest BCUT2D eigenvalue weighted by atomic mass is 10.2. The number of hydrogen-bond acceptors (Lipinski definition) is 5. The van der Waals surface area contributed by atoms with Crippen LogP contribution in [0, 0.1) is 0 Å². The van der Waals surface area contributed by atoms with Crippen molar-refractivity contribution in [3.8, 4) is 5.88 Å². The Labute approximate surface area is 125 Å². The summed E-state index contributed by atoms with van der Waals surface area (Å²) in [6.07, 6.45) is 1.62. The molecule has 1 aromatic heterocycles. The molecule has 1 saturated heterocycles. The zero-order valence-electron chi connectivity index (χ0n) is 12.7. The molecule has 1 N–H and O–H groups in total. The molecule has 0 bridgehead atoms. The van der Waals surface area contributed by atoms with E-state index in [-0.39, 0.29) is 11.9 Å². The second kappa shape index (κ2) is 7.95. The molecule has 0 radical (unpaired) electrons. The first-order valence-electron chi connectivity index (χ1n) is 7.39. The maximum absolute atomic E-state index is 12.3. The molecule has 0 spiro atoms. The largest absolute Gasteiger partial charge is 0.477 e. The van der Waals surface area contributed by atoms with Gasteiger partial charge in [-0.25, -0.2) is 4.98 Å². The average molecular weight is 293 g/mol. The van der Waals surface area contributed by atoms with E-state index >= 15 is 0 Å². The van der Waals surface area contributed by atoms with Gasteiger partial charge in [0.05, 0.1) is 19.8 Å². The van der Waals surface area contributed by atoms with E-state index in [1.165, 1.54) is 0 Å². The molecule has 1 aliphatic rings. The topological polar surface area (TPSA) is 63.7 Å². The van der Waals surface area contributed by atoms with Crippen molar-refractivity contribution in [2.75, 3.05) is 39.5 Å². The summed E-state index contributed by atoms with van der Waals surface area (Å²) >= 11 is 0. The molecule has 6 heteroatoms. The minimum atomic E-state index is -0.146. The lowest BCUT2D eigenvalue weighted by Gasteiger charge is -2.29. The maximum Gasteiger partial charge on any atom is 0.257 e. The Kier molecular flexibility index (Phi) is 5.95. The Morgan fingerprint density at radius 3 is 3.00 bits per heavy atom. The monoisotopic (exact) mass is 293 g/mol. The molecule has 2 heterocycles. The molecule has 1 fully saturated rings. The first-order chi connectivity index (χ1) is 10.2. The molecular formula is C15H23N3O3. The number of amides is 1. The zero-order chi connectivity index (χ0) is 15.1. The van der Waals surface area contributed by atoms with Gasteiger partial charge in [0.1, 0.15) is 5.56 Å². The van der Waals surface area contributed by atoms with E-state index in [0.717, 1.165) is 32.8 Å². The van der Waals surface area contributed by atoms with Crippen molar-refractivity contribution in [3.05, 3.63) is 23.9 Å². The molecule has 116 valence electrons. The van der Waals surface area contributed by atoms with E-state index < -0.39 is 0 Å². The van der Waals surface area contributed by atoms with E-state index in [0.29, 0.717) is 18.1 Å². The van der Waals surface area contributed by atoms with Crippen molar-refractivity contribution in [2.24, 2.45) is 0 Å². The van der Waals surface area contributed by atoms with Gasteiger partial charge < -0.3 is 14.8 Å². The molecular weight excluding hydrogens is 270 g/mol. The van der Waals surface area contributed by atoms with E-state index in [1.54, 1.807) is 18.3 Å². The molecule has 0 aliphatic carbocycles. The molecule has 0 aromatic carbocycles. The van der Waals surface area contributed by atoms with Crippen molar-refractivity contribution in [2.45, 2.75) is 19.9 Å². The quantitative estimate of drug-likeness (QED) is 0.845. The van der Waals surface area contributed by atoms with Crippen LogP contribution < -0.4 is 10.1 Å². The zero-order valence-corrected chi connectivity index (χ0v) is 12.7. The van der Waals surface area contributed by atoms with Crippen LogP contribution in [0.4, 0.5) is 0 Å². The van der Waals surface area contributed by atoms with Crippen molar-refractivity contribution in [3.63, 3.8) is 0 Å². The summed E-state index contributed by atoms with van der Waals surface area (Å²) in [6.45, 7) is 8.53. The fourth-order valence-electron chi connectivity index (χ4n) is 2.33. The van der Waals surface area contributed by atoms with Crippen LogP contribution in [0.5, 0.6) is 5.88 Å². The number of carbonyl (C=O) groups excluding carboxylic acids is 1. The van der Waals surface area contributed by atoms with Crippen LogP contribution in [0.25, 0.3) is 0 Å². The molecule has 0 unspecified atom stereocenters. The SMILES string of the molecule is CCOc1ncccc1C(=O)N[C@H](C)CN1CCOCC1. The predicted molar refractivity (Wildman–Crippen MR) is 79.6 cm³/mol. The van der Waals surface area contributed by atoms with Crippen LogP contribution >= 0.6 is 0 Å². The Hall–Kier alpha value is -1.66. The van der Waals surface area contributed by atoms with Gasteiger partial charge in [0.2, 0.25) is 5.88 Å². The van der Waals surface area contributed by atoms with Gasteiger partial charge in [-0.1, -0.05) is 0 Å². The number of carbonyl (C=O) groups is 1. The first kappa shape index (κ1) is 15.7. The summed E-state index contributed by atoms with van der Waals surface area (Å²) in [4.78, 5) is 18.7. The summed E-state index contributed by atoms with van der Waals surface area (Å²) < 4.78 is 10.7. The van der Waals surface area contributed by atoms with Gasteiger partial charge in [-0.3, -0.25) is 9.69 Å². The lowest BCUT2D eigenvalue weighted by Crippen LogP contribution is -2.46. The van der Waals surface area contributed by atoms with Gasteiger partial charge >= 0.3 is 0 Å². The number of pyridine rings is 1. The first-order valence-corrected chi connectivity index (χ1v) is 7.39. The number of nitrogens with zero attached hydrogens (tertiary/aromatic N) is 2. The highest BCUT2D eigenvalue weighted by molar-refractivity contribution is 5.96. The third kappa shape index (κ3) is 4.68. The van der Waals surface area contributed by atoms with E-state index in [4.69, 9.17) is 9.47 Å². The summed E-state index contributed by atoms with van der Waals surface area (Å²) in [6, 6.07) is 3.53. The van der Waals surface area contributed by atoms with Gasteiger partial charge in [-0.05, 0) is 26.0 Å². The van der Waals surface area contributed by atoms with Gasteiger partial charge in [0, 0.05) is 31.9 Å². The summed E-state index contributed by atoms with van der Waals surface area (Å²) in [5.74, 6) is 0.239. The standard InChI is InChI=1S/C15H23N3O3/c1-3-21-15-13(5-4-6-16-15)14(19)17-12(2)11-18-7-9-20-10-8-18/h4-6,12H,3,7-11H2,1-2H3,(H,17,19)/t12-/m1/s1. The fourth-order valence-corrected chi connectivity index (χ4v) is 2.33. The van der Waals surface area contributed by atoms with Crippen LogP contribution in [-0.4, -0.2) is 61.3 Å². The third-order valence-corrected chi connectivity index (χ3v) is 3.31. The highest BCUT2D eigenvalue weighted by Gasteiger charge is 2.18. The second-order valence-corrected chi connectivity index (χ2v) is 5.08. The maximum atomic E-state index is 12.3. The summed E-state index contributed by atoms with van der Waals surface area (Å²) in [7, 11) is 0. The molecule has 1 atom stereocenters. The van der Waals surface area contributed by atoms with E-state index in [9.17, 15) is 4.79 Å². The van der Waals surface area contributed by atoms with Crippen LogP contribution in [0.15, 0.2) is 18.3 Å². The molecule has 1 amide bonds. The van der Waals surface area contributed by atoms with Crippen LogP contribution in [0.2, 0.25) is 0 Å².